The second-order valence-corrected chi connectivity index (χ2v) is 6.80. The predicted octanol–water partition coefficient (Wildman–Crippen LogP) is 5.19. The van der Waals surface area contributed by atoms with E-state index in [1.165, 1.54) is 36.4 Å². The molecule has 0 bridgehead atoms. The Morgan fingerprint density at radius 3 is 1.90 bits per heavy atom. The third-order valence-corrected chi connectivity index (χ3v) is 4.40. The van der Waals surface area contributed by atoms with E-state index in [4.69, 9.17) is 9.47 Å². The lowest BCUT2D eigenvalue weighted by Crippen LogP contribution is -2.14. The second kappa shape index (κ2) is 9.11. The maximum Gasteiger partial charge on any atom is 0.338 e. The lowest BCUT2D eigenvalue weighted by atomic mass is 10.1. The van der Waals surface area contributed by atoms with Crippen LogP contribution in [0.2, 0.25) is 0 Å². The van der Waals surface area contributed by atoms with Gasteiger partial charge >= 0.3 is 5.97 Å². The lowest BCUT2D eigenvalue weighted by Gasteiger charge is -2.07. The Balaban J connectivity index is 1.56. The van der Waals surface area contributed by atoms with Crippen LogP contribution in [0.1, 0.15) is 20.7 Å². The Labute approximate surface area is 174 Å². The molecule has 3 aromatic rings. The maximum atomic E-state index is 12.1. The highest BCUT2D eigenvalue weighted by Gasteiger charge is 2.12. The van der Waals surface area contributed by atoms with Crippen LogP contribution in [0.4, 0.5) is 5.69 Å². The number of rotatable bonds is 7. The number of Topliss-reactive ketones (excluding diaryl/α,β-unsaturated/α-hetero) is 1. The van der Waals surface area contributed by atoms with Gasteiger partial charge in [0.15, 0.2) is 12.4 Å². The molecule has 0 aromatic heterocycles. The second-order valence-electron chi connectivity index (χ2n) is 5.88. The van der Waals surface area contributed by atoms with Crippen molar-refractivity contribution in [3.8, 4) is 11.5 Å². The largest absolute Gasteiger partial charge is 0.457 e. The maximum absolute atomic E-state index is 12.1. The zero-order chi connectivity index (χ0) is 20.8. The average Bonchev–Trinajstić information content (AvgIpc) is 2.73. The van der Waals surface area contributed by atoms with E-state index < -0.39 is 10.9 Å². The minimum atomic E-state index is -0.627. The van der Waals surface area contributed by atoms with Gasteiger partial charge in [0.2, 0.25) is 0 Å². The molecule has 0 heterocycles. The minimum absolute atomic E-state index is 0.0341. The molecule has 7 nitrogen and oxygen atoms in total. The molecule has 0 aliphatic heterocycles. The number of hydrogen-bond acceptors (Lipinski definition) is 6. The number of benzene rings is 3. The molecule has 0 amide bonds. The Bertz CT molecular complexity index is 1030. The van der Waals surface area contributed by atoms with Crippen molar-refractivity contribution in [1.82, 2.24) is 0 Å². The van der Waals surface area contributed by atoms with E-state index in [1.807, 2.05) is 0 Å². The number of ketones is 1. The van der Waals surface area contributed by atoms with Gasteiger partial charge in [-0.25, -0.2) is 4.79 Å². The first kappa shape index (κ1) is 20.2. The van der Waals surface area contributed by atoms with E-state index in [9.17, 15) is 19.7 Å². The van der Waals surface area contributed by atoms with Gasteiger partial charge in [-0.3, -0.25) is 14.9 Å². The molecule has 0 aliphatic rings. The lowest BCUT2D eigenvalue weighted by molar-refractivity contribution is -0.384. The Morgan fingerprint density at radius 2 is 1.34 bits per heavy atom. The predicted molar refractivity (Wildman–Crippen MR) is 108 cm³/mol. The van der Waals surface area contributed by atoms with Crippen LogP contribution in [-0.2, 0) is 4.74 Å². The normalized spacial score (nSPS) is 10.2. The number of esters is 1. The van der Waals surface area contributed by atoms with Gasteiger partial charge in [0.05, 0.1) is 10.5 Å². The highest BCUT2D eigenvalue weighted by molar-refractivity contribution is 9.10. The van der Waals surface area contributed by atoms with E-state index >= 15 is 0 Å². The van der Waals surface area contributed by atoms with Gasteiger partial charge in [0, 0.05) is 22.2 Å². The SMILES string of the molecule is O=C(COC(=O)c1ccc(Oc2ccc([N+](=O)[O-])cc2)cc1)c1ccc(Br)cc1. The van der Waals surface area contributed by atoms with Gasteiger partial charge in [-0.05, 0) is 48.5 Å². The number of ether oxygens (including phenoxy) is 2. The van der Waals surface area contributed by atoms with Crippen LogP contribution in [0.15, 0.2) is 77.3 Å². The molecule has 8 heteroatoms. The van der Waals surface area contributed by atoms with Gasteiger partial charge in [-0.2, -0.15) is 0 Å². The van der Waals surface area contributed by atoms with Crippen LogP contribution in [0.25, 0.3) is 0 Å². The first-order valence-electron chi connectivity index (χ1n) is 8.40. The Kier molecular flexibility index (Phi) is 6.36. The zero-order valence-corrected chi connectivity index (χ0v) is 16.5. The van der Waals surface area contributed by atoms with Crippen molar-refractivity contribution in [3.63, 3.8) is 0 Å². The fourth-order valence-electron chi connectivity index (χ4n) is 2.36. The molecular weight excluding hydrogens is 442 g/mol. The fourth-order valence-corrected chi connectivity index (χ4v) is 2.63. The van der Waals surface area contributed by atoms with Gasteiger partial charge in [0.25, 0.3) is 5.69 Å². The fraction of sp³-hybridized carbons (Fsp3) is 0.0476. The summed E-state index contributed by atoms with van der Waals surface area (Å²) in [6, 6.07) is 18.5. The van der Waals surface area contributed by atoms with Crippen LogP contribution < -0.4 is 4.74 Å². The summed E-state index contributed by atoms with van der Waals surface area (Å²) in [6.07, 6.45) is 0. The van der Waals surface area contributed by atoms with Crippen molar-refractivity contribution < 1.29 is 24.0 Å². The molecule has 146 valence electrons. The number of nitrogens with zero attached hydrogens (tertiary/aromatic N) is 1. The molecule has 0 radical (unpaired) electrons. The van der Waals surface area contributed by atoms with Crippen LogP contribution in [-0.4, -0.2) is 23.3 Å². The molecular formula is C21H14BrNO6. The molecule has 0 aliphatic carbocycles. The molecule has 29 heavy (non-hydrogen) atoms. The molecule has 0 fully saturated rings. The minimum Gasteiger partial charge on any atom is -0.457 e. The Hall–Kier alpha value is -3.52. The van der Waals surface area contributed by atoms with E-state index in [0.717, 1.165) is 4.47 Å². The Morgan fingerprint density at radius 1 is 0.828 bits per heavy atom. The van der Waals surface area contributed by atoms with E-state index in [2.05, 4.69) is 15.9 Å². The number of nitro benzene ring substituents is 1. The van der Waals surface area contributed by atoms with Crippen LogP contribution in [0.3, 0.4) is 0 Å². The van der Waals surface area contributed by atoms with Gasteiger partial charge < -0.3 is 9.47 Å². The topological polar surface area (TPSA) is 95.7 Å². The van der Waals surface area contributed by atoms with Crippen molar-refractivity contribution in [2.75, 3.05) is 6.61 Å². The molecule has 0 saturated carbocycles. The first-order valence-corrected chi connectivity index (χ1v) is 9.20. The quantitative estimate of drug-likeness (QED) is 0.210. The number of non-ortho nitro benzene ring substituents is 1. The molecule has 0 spiro atoms. The van der Waals surface area contributed by atoms with Crippen LogP contribution in [0, 0.1) is 10.1 Å². The molecule has 0 atom stereocenters. The van der Waals surface area contributed by atoms with E-state index in [1.54, 1.807) is 36.4 Å². The monoisotopic (exact) mass is 455 g/mol. The first-order chi connectivity index (χ1) is 13.9. The number of carbonyl (C=O) groups is 2. The number of carbonyl (C=O) groups excluding carboxylic acids is 2. The summed E-state index contributed by atoms with van der Waals surface area (Å²) in [7, 11) is 0. The number of hydrogen-bond donors (Lipinski definition) is 0. The van der Waals surface area contributed by atoms with E-state index in [0.29, 0.717) is 17.1 Å². The molecule has 0 unspecified atom stereocenters. The van der Waals surface area contributed by atoms with Gasteiger partial charge in [-0.1, -0.05) is 28.1 Å². The third-order valence-electron chi connectivity index (χ3n) is 3.87. The van der Waals surface area contributed by atoms with Crippen LogP contribution >= 0.6 is 15.9 Å². The summed E-state index contributed by atoms with van der Waals surface area (Å²) < 4.78 is 11.5. The molecule has 3 aromatic carbocycles. The summed E-state index contributed by atoms with van der Waals surface area (Å²) in [5, 5.41) is 10.7. The van der Waals surface area contributed by atoms with Crippen molar-refractivity contribution in [2.45, 2.75) is 0 Å². The third kappa shape index (κ3) is 5.49. The van der Waals surface area contributed by atoms with Crippen molar-refractivity contribution >= 4 is 33.4 Å². The molecule has 0 N–H and O–H groups in total. The molecule has 3 rings (SSSR count). The van der Waals surface area contributed by atoms with Gasteiger partial charge in [0.1, 0.15) is 11.5 Å². The number of nitro groups is 1. The summed E-state index contributed by atoms with van der Waals surface area (Å²) in [4.78, 5) is 34.3. The van der Waals surface area contributed by atoms with Crippen LogP contribution in [0.5, 0.6) is 11.5 Å². The number of halogens is 1. The zero-order valence-electron chi connectivity index (χ0n) is 14.9. The smallest absolute Gasteiger partial charge is 0.338 e. The van der Waals surface area contributed by atoms with E-state index in [-0.39, 0.29) is 23.6 Å². The van der Waals surface area contributed by atoms with Crippen molar-refractivity contribution in [2.24, 2.45) is 0 Å². The summed E-state index contributed by atoms with van der Waals surface area (Å²) >= 11 is 3.29. The summed E-state index contributed by atoms with van der Waals surface area (Å²) in [5.41, 5.74) is 0.686. The van der Waals surface area contributed by atoms with Crippen molar-refractivity contribution in [1.29, 1.82) is 0 Å². The molecule has 0 saturated heterocycles. The van der Waals surface area contributed by atoms with Gasteiger partial charge in [-0.15, -0.1) is 0 Å². The standard InChI is InChI=1S/C21H14BrNO6/c22-16-5-1-14(2-6-16)20(24)13-28-21(25)15-3-9-18(10-4-15)29-19-11-7-17(8-12-19)23(26)27/h1-12H,13H2. The summed E-state index contributed by atoms with van der Waals surface area (Å²) in [5.74, 6) is -0.0614. The van der Waals surface area contributed by atoms with Crippen molar-refractivity contribution in [3.05, 3.63) is 98.5 Å². The summed E-state index contributed by atoms with van der Waals surface area (Å²) in [6.45, 7) is -0.360. The highest BCUT2D eigenvalue weighted by atomic mass is 79.9. The average molecular weight is 456 g/mol. The highest BCUT2D eigenvalue weighted by Crippen LogP contribution is 2.24.